The molecule has 0 radical (unpaired) electrons. The van der Waals surface area contributed by atoms with Crippen LogP contribution in [0.25, 0.3) is 0 Å². The Bertz CT molecular complexity index is 206. The van der Waals surface area contributed by atoms with Crippen molar-refractivity contribution in [3.05, 3.63) is 6.92 Å². The van der Waals surface area contributed by atoms with Gasteiger partial charge < -0.3 is 16.6 Å². The topological polar surface area (TPSA) is 29.5 Å². The second kappa shape index (κ2) is 7.05. The summed E-state index contributed by atoms with van der Waals surface area (Å²) >= 11 is 3.62. The molecule has 1 aliphatic rings. The zero-order valence-electron chi connectivity index (χ0n) is 9.75. The third kappa shape index (κ3) is 6.72. The number of carbonyl (C=O) groups excluding carboxylic acids is 1. The number of likely N-dealkylation sites (tertiary alicyclic amines) is 1. The first kappa shape index (κ1) is 15.6. The molecule has 1 fully saturated rings. The van der Waals surface area contributed by atoms with Crippen LogP contribution in [0.1, 0.15) is 27.2 Å². The molecule has 0 aromatic carbocycles. The maximum absolute atomic E-state index is 11.5. The van der Waals surface area contributed by atoms with Gasteiger partial charge in [-0.25, -0.2) is 4.79 Å². The van der Waals surface area contributed by atoms with Crippen molar-refractivity contribution >= 4 is 25.8 Å². The molecular formula is C10H18INO2Zn. The predicted molar refractivity (Wildman–Crippen MR) is 65.3 cm³/mol. The molecule has 1 amide bonds. The zero-order chi connectivity index (χ0) is 12.1. The van der Waals surface area contributed by atoms with Gasteiger partial charge in [-0.2, -0.15) is 0 Å². The number of ether oxygens (including phenoxy) is 1. The molecular weight excluding hydrogens is 358 g/mol. The molecule has 1 aliphatic heterocycles. The molecule has 15 heavy (non-hydrogen) atoms. The van der Waals surface area contributed by atoms with E-state index in [1.54, 1.807) is 4.90 Å². The van der Waals surface area contributed by atoms with Gasteiger partial charge in [0.15, 0.2) is 0 Å². The first-order valence-electron chi connectivity index (χ1n) is 4.96. The molecule has 0 saturated carbocycles. The van der Waals surface area contributed by atoms with E-state index in [0.717, 1.165) is 19.5 Å². The third-order valence-electron chi connectivity index (χ3n) is 1.94. The molecule has 1 unspecified atom stereocenters. The Kier molecular flexibility index (Phi) is 7.34. The van der Waals surface area contributed by atoms with E-state index in [0.29, 0.717) is 5.92 Å². The minimum absolute atomic E-state index is 0.210. The van der Waals surface area contributed by atoms with Crippen LogP contribution in [-0.2, 0) is 19.5 Å². The summed E-state index contributed by atoms with van der Waals surface area (Å²) in [5, 5.41) is 0. The number of hydrogen-bond acceptors (Lipinski definition) is 2. The van der Waals surface area contributed by atoms with Crippen LogP contribution in [0.2, 0.25) is 0 Å². The van der Waals surface area contributed by atoms with Gasteiger partial charge in [0.05, 0.1) is 0 Å². The summed E-state index contributed by atoms with van der Waals surface area (Å²) in [4.78, 5) is 13.2. The van der Waals surface area contributed by atoms with E-state index in [9.17, 15) is 4.79 Å². The van der Waals surface area contributed by atoms with Crippen LogP contribution in [0.3, 0.4) is 0 Å². The Hall–Kier alpha value is 0.623. The van der Waals surface area contributed by atoms with Gasteiger partial charge in [-0.05, 0) is 27.3 Å². The molecule has 1 saturated heterocycles. The summed E-state index contributed by atoms with van der Waals surface area (Å²) in [5.41, 5.74) is -0.393. The molecule has 5 heteroatoms. The van der Waals surface area contributed by atoms with Crippen LogP contribution in [0, 0.1) is 12.8 Å². The van der Waals surface area contributed by atoms with Gasteiger partial charge in [-0.1, -0.05) is 6.42 Å². The molecule has 0 aromatic heterocycles. The van der Waals surface area contributed by atoms with E-state index in [1.807, 2.05) is 20.8 Å². The van der Waals surface area contributed by atoms with Crippen LogP contribution < -0.4 is 0 Å². The van der Waals surface area contributed by atoms with Crippen molar-refractivity contribution in [3.63, 3.8) is 0 Å². The number of hydrogen-bond donors (Lipinski definition) is 0. The molecule has 3 nitrogen and oxygen atoms in total. The van der Waals surface area contributed by atoms with E-state index in [-0.39, 0.29) is 6.09 Å². The molecule has 1 atom stereocenters. The van der Waals surface area contributed by atoms with E-state index >= 15 is 0 Å². The van der Waals surface area contributed by atoms with Gasteiger partial charge >= 0.3 is 40.6 Å². The average Bonchev–Trinajstić information content (AvgIpc) is 2.52. The Balaban J connectivity index is 0.000000921. The van der Waals surface area contributed by atoms with Crippen molar-refractivity contribution in [2.45, 2.75) is 32.8 Å². The number of carbonyl (C=O) groups is 1. The summed E-state index contributed by atoms with van der Waals surface area (Å²) < 4.78 is 5.23. The summed E-state index contributed by atoms with van der Waals surface area (Å²) in [5.74, 6) is 0.368. The van der Waals surface area contributed by atoms with Gasteiger partial charge in [-0.3, -0.25) is 0 Å². The Morgan fingerprint density at radius 2 is 2.07 bits per heavy atom. The van der Waals surface area contributed by atoms with Crippen molar-refractivity contribution in [1.82, 2.24) is 4.90 Å². The molecule has 0 spiro atoms. The molecule has 0 N–H and O–H groups in total. The van der Waals surface area contributed by atoms with E-state index in [1.165, 1.54) is 14.8 Å². The fraction of sp³-hybridized carbons (Fsp3) is 0.800. The van der Waals surface area contributed by atoms with E-state index in [2.05, 4.69) is 26.7 Å². The second-order valence-electron chi connectivity index (χ2n) is 4.58. The van der Waals surface area contributed by atoms with E-state index < -0.39 is 5.60 Å². The Morgan fingerprint density at radius 1 is 1.53 bits per heavy atom. The average molecular weight is 377 g/mol. The predicted octanol–water partition coefficient (Wildman–Crippen LogP) is 2.96. The van der Waals surface area contributed by atoms with Crippen LogP contribution in [0.4, 0.5) is 4.79 Å². The summed E-state index contributed by atoms with van der Waals surface area (Å²) in [6.45, 7) is 11.1. The quantitative estimate of drug-likeness (QED) is 0.370. The van der Waals surface area contributed by atoms with Gasteiger partial charge in [0.25, 0.3) is 0 Å². The number of halogens is 1. The standard InChI is InChI=1S/C10H18NO2.HI.Zn/c1-8-5-6-11(7-8)9(12)13-10(2,3)4;;/h8H,1,5-7H2,2-4H3;1H;/q-1;;+2/p-1. The number of rotatable bonds is 0. The molecule has 1 heterocycles. The summed E-state index contributed by atoms with van der Waals surface area (Å²) in [6.07, 6.45) is 0.776. The third-order valence-corrected chi connectivity index (χ3v) is 1.94. The van der Waals surface area contributed by atoms with Crippen LogP contribution in [0.5, 0.6) is 0 Å². The Morgan fingerprint density at radius 3 is 2.40 bits per heavy atom. The monoisotopic (exact) mass is 375 g/mol. The molecule has 0 bridgehead atoms. The van der Waals surface area contributed by atoms with Gasteiger partial charge in [0.1, 0.15) is 5.60 Å². The van der Waals surface area contributed by atoms with Gasteiger partial charge in [-0.15, -0.1) is 5.92 Å². The minimum atomic E-state index is -0.393. The maximum atomic E-state index is 11.5. The van der Waals surface area contributed by atoms with Crippen molar-refractivity contribution in [2.24, 2.45) is 5.92 Å². The van der Waals surface area contributed by atoms with Crippen LogP contribution in [-0.4, -0.2) is 29.7 Å². The first-order chi connectivity index (χ1) is 6.88. The fourth-order valence-corrected chi connectivity index (χ4v) is 1.32. The first-order valence-corrected chi connectivity index (χ1v) is 14.0. The van der Waals surface area contributed by atoms with Crippen molar-refractivity contribution in [2.75, 3.05) is 13.1 Å². The second-order valence-corrected chi connectivity index (χ2v) is 4.58. The SMILES string of the molecule is [CH2-]C1CCN(C(=O)OC(C)(C)C)C1.[Zn+][I]. The molecule has 84 valence electrons. The molecule has 1 rings (SSSR count). The fourth-order valence-electron chi connectivity index (χ4n) is 1.32. The number of nitrogens with zero attached hydrogens (tertiary/aromatic N) is 1. The number of amides is 1. The van der Waals surface area contributed by atoms with Gasteiger partial charge in [0, 0.05) is 6.54 Å². The van der Waals surface area contributed by atoms with Crippen molar-refractivity contribution in [3.8, 4) is 0 Å². The summed E-state index contributed by atoms with van der Waals surface area (Å²) in [7, 11) is 0. The van der Waals surface area contributed by atoms with Crippen LogP contribution >= 0.6 is 19.8 Å². The van der Waals surface area contributed by atoms with E-state index in [4.69, 9.17) is 4.74 Å². The van der Waals surface area contributed by atoms with Gasteiger partial charge in [0.2, 0.25) is 0 Å². The van der Waals surface area contributed by atoms with Crippen LogP contribution in [0.15, 0.2) is 0 Å². The van der Waals surface area contributed by atoms with Crippen molar-refractivity contribution in [1.29, 1.82) is 0 Å². The Labute approximate surface area is 113 Å². The molecule has 0 aromatic rings. The zero-order valence-corrected chi connectivity index (χ0v) is 14.9. The van der Waals surface area contributed by atoms with Crippen molar-refractivity contribution < 1.29 is 24.3 Å². The normalized spacial score (nSPS) is 20.7. The summed E-state index contributed by atoms with van der Waals surface area (Å²) in [6, 6.07) is 0. The molecule has 0 aliphatic carbocycles.